The van der Waals surface area contributed by atoms with E-state index < -0.39 is 0 Å². The van der Waals surface area contributed by atoms with Crippen molar-refractivity contribution in [3.8, 4) is 5.75 Å². The number of hydrogen-bond acceptors (Lipinski definition) is 3. The molecule has 3 N–H and O–H groups in total. The second-order valence-corrected chi connectivity index (χ2v) is 5.06. The first kappa shape index (κ1) is 14.6. The van der Waals surface area contributed by atoms with Gasteiger partial charge in [-0.25, -0.2) is 0 Å². The molecular weight excluding hydrogens is 301 g/mol. The van der Waals surface area contributed by atoms with E-state index in [0.29, 0.717) is 10.6 Å². The van der Waals surface area contributed by atoms with Gasteiger partial charge in [-0.15, -0.1) is 23.7 Å². The number of thiophene rings is 1. The van der Waals surface area contributed by atoms with Gasteiger partial charge in [-0.2, -0.15) is 0 Å². The number of phenolic OH excluding ortho intramolecular Hbond substituents is 1. The molecule has 6 heteroatoms. The Labute approximate surface area is 119 Å². The highest BCUT2D eigenvalue weighted by Crippen LogP contribution is 2.38. The Bertz CT molecular complexity index is 502. The van der Waals surface area contributed by atoms with Crippen molar-refractivity contribution in [3.05, 3.63) is 50.1 Å². The van der Waals surface area contributed by atoms with Gasteiger partial charge in [-0.3, -0.25) is 0 Å². The Morgan fingerprint density at radius 1 is 1.24 bits per heavy atom. The third-order valence-electron chi connectivity index (χ3n) is 2.29. The summed E-state index contributed by atoms with van der Waals surface area (Å²) in [6, 6.07) is 6.77. The maximum absolute atomic E-state index is 9.86. The zero-order valence-corrected chi connectivity index (χ0v) is 11.7. The second-order valence-electron chi connectivity index (χ2n) is 3.29. The molecule has 1 aromatic heterocycles. The summed E-state index contributed by atoms with van der Waals surface area (Å²) in [5, 5.41) is 12.3. The van der Waals surface area contributed by atoms with E-state index in [1.807, 2.05) is 17.5 Å². The molecule has 0 aliphatic carbocycles. The minimum absolute atomic E-state index is 0. The lowest BCUT2D eigenvalue weighted by Gasteiger charge is -2.13. The average Bonchev–Trinajstić information content (AvgIpc) is 2.79. The number of phenols is 1. The van der Waals surface area contributed by atoms with Crippen molar-refractivity contribution in [1.82, 2.24) is 0 Å². The highest BCUT2D eigenvalue weighted by molar-refractivity contribution is 7.10. The molecule has 0 unspecified atom stereocenters. The van der Waals surface area contributed by atoms with E-state index in [-0.39, 0.29) is 29.2 Å². The van der Waals surface area contributed by atoms with Crippen molar-refractivity contribution in [2.75, 3.05) is 0 Å². The first-order valence-electron chi connectivity index (χ1n) is 4.57. The van der Waals surface area contributed by atoms with Gasteiger partial charge in [0.2, 0.25) is 0 Å². The number of hydrogen-bond donors (Lipinski definition) is 2. The van der Waals surface area contributed by atoms with Crippen LogP contribution in [0.3, 0.4) is 0 Å². The van der Waals surface area contributed by atoms with E-state index in [9.17, 15) is 5.11 Å². The van der Waals surface area contributed by atoms with E-state index in [1.165, 1.54) is 11.3 Å². The van der Waals surface area contributed by atoms with Gasteiger partial charge in [0.25, 0.3) is 0 Å². The first-order valence-corrected chi connectivity index (χ1v) is 6.20. The van der Waals surface area contributed by atoms with Gasteiger partial charge in [-0.1, -0.05) is 35.3 Å². The molecule has 1 atom stereocenters. The van der Waals surface area contributed by atoms with Crippen molar-refractivity contribution in [1.29, 1.82) is 0 Å². The van der Waals surface area contributed by atoms with Crippen molar-refractivity contribution in [3.63, 3.8) is 0 Å². The molecule has 0 amide bonds. The lowest BCUT2D eigenvalue weighted by Crippen LogP contribution is -2.10. The lowest BCUT2D eigenvalue weighted by molar-refractivity contribution is 0.466. The molecule has 0 radical (unpaired) electrons. The zero-order chi connectivity index (χ0) is 11.7. The highest BCUT2D eigenvalue weighted by atomic mass is 35.5. The molecule has 1 heterocycles. The van der Waals surface area contributed by atoms with Crippen LogP contribution in [0.2, 0.25) is 10.0 Å². The molecule has 17 heavy (non-hydrogen) atoms. The predicted octanol–water partition coefficient (Wildman–Crippen LogP) is 4.23. The molecule has 1 aromatic carbocycles. The minimum atomic E-state index is -0.380. The van der Waals surface area contributed by atoms with Crippen molar-refractivity contribution in [2.24, 2.45) is 5.73 Å². The number of aromatic hydroxyl groups is 1. The molecule has 2 rings (SSSR count). The van der Waals surface area contributed by atoms with Crippen LogP contribution < -0.4 is 5.73 Å². The molecule has 92 valence electrons. The van der Waals surface area contributed by atoms with Crippen LogP contribution in [0.25, 0.3) is 0 Å². The van der Waals surface area contributed by atoms with Crippen LogP contribution in [0.4, 0.5) is 0 Å². The molecule has 2 nitrogen and oxygen atoms in total. The maximum Gasteiger partial charge on any atom is 0.140 e. The van der Waals surface area contributed by atoms with Crippen LogP contribution in [0.1, 0.15) is 16.5 Å². The molecule has 2 aromatic rings. The van der Waals surface area contributed by atoms with E-state index >= 15 is 0 Å². The molecule has 0 aliphatic heterocycles. The van der Waals surface area contributed by atoms with Crippen LogP contribution >= 0.6 is 46.9 Å². The van der Waals surface area contributed by atoms with Gasteiger partial charge < -0.3 is 10.8 Å². The Morgan fingerprint density at radius 3 is 2.53 bits per heavy atom. The van der Waals surface area contributed by atoms with Gasteiger partial charge in [-0.05, 0) is 17.5 Å². The Hall–Kier alpha value is -0.450. The predicted molar refractivity (Wildman–Crippen MR) is 75.7 cm³/mol. The Morgan fingerprint density at radius 2 is 1.94 bits per heavy atom. The molecule has 0 saturated heterocycles. The highest BCUT2D eigenvalue weighted by Gasteiger charge is 2.17. The summed E-state index contributed by atoms with van der Waals surface area (Å²) in [7, 11) is 0. The SMILES string of the molecule is Cl.N[C@H](c1cccs1)c1ccc(Cl)c(Cl)c1O. The molecule has 0 spiro atoms. The summed E-state index contributed by atoms with van der Waals surface area (Å²) in [6.45, 7) is 0. The summed E-state index contributed by atoms with van der Waals surface area (Å²) in [6.07, 6.45) is 0. The smallest absolute Gasteiger partial charge is 0.140 e. The monoisotopic (exact) mass is 309 g/mol. The van der Waals surface area contributed by atoms with Crippen molar-refractivity contribution >= 4 is 46.9 Å². The summed E-state index contributed by atoms with van der Waals surface area (Å²) in [5.41, 5.74) is 6.61. The third-order valence-corrected chi connectivity index (χ3v) is 4.03. The van der Waals surface area contributed by atoms with Crippen molar-refractivity contribution < 1.29 is 5.11 Å². The topological polar surface area (TPSA) is 46.2 Å². The number of rotatable bonds is 2. The first-order chi connectivity index (χ1) is 7.61. The average molecular weight is 311 g/mol. The van der Waals surface area contributed by atoms with Gasteiger partial charge in [0.05, 0.1) is 11.1 Å². The van der Waals surface area contributed by atoms with Gasteiger partial charge in [0, 0.05) is 10.4 Å². The maximum atomic E-state index is 9.86. The fourth-order valence-electron chi connectivity index (χ4n) is 1.43. The molecule has 0 fully saturated rings. The number of nitrogens with two attached hydrogens (primary N) is 1. The fourth-order valence-corrected chi connectivity index (χ4v) is 2.50. The fraction of sp³-hybridized carbons (Fsp3) is 0.0909. The standard InChI is InChI=1S/C11H9Cl2NOS.ClH/c12-7-4-3-6(11(15)9(7)13)10(14)8-2-1-5-16-8;/h1-5,10,15H,14H2;1H/t10-;/m0./s1. The van der Waals surface area contributed by atoms with E-state index in [2.05, 4.69) is 0 Å². The summed E-state index contributed by atoms with van der Waals surface area (Å²) < 4.78 is 0. The van der Waals surface area contributed by atoms with Gasteiger partial charge in [0.1, 0.15) is 10.8 Å². The molecule has 0 bridgehead atoms. The molecule has 0 saturated carbocycles. The number of benzene rings is 1. The summed E-state index contributed by atoms with van der Waals surface area (Å²) in [5.74, 6) is -0.0462. The van der Waals surface area contributed by atoms with Gasteiger partial charge in [0.15, 0.2) is 0 Å². The van der Waals surface area contributed by atoms with Crippen LogP contribution in [0, 0.1) is 0 Å². The Balaban J connectivity index is 0.00000144. The normalized spacial score (nSPS) is 11.9. The van der Waals surface area contributed by atoms with Crippen molar-refractivity contribution in [2.45, 2.75) is 6.04 Å². The number of halogens is 3. The minimum Gasteiger partial charge on any atom is -0.506 e. The molecular formula is C11H10Cl3NOS. The molecule has 0 aliphatic rings. The Kier molecular flexibility index (Phi) is 5.10. The lowest BCUT2D eigenvalue weighted by atomic mass is 10.1. The summed E-state index contributed by atoms with van der Waals surface area (Å²) >= 11 is 13.2. The van der Waals surface area contributed by atoms with Gasteiger partial charge >= 0.3 is 0 Å². The quantitative estimate of drug-likeness (QED) is 0.872. The van der Waals surface area contributed by atoms with E-state index in [0.717, 1.165) is 4.88 Å². The third kappa shape index (κ3) is 2.87. The van der Waals surface area contributed by atoms with Crippen LogP contribution in [-0.4, -0.2) is 5.11 Å². The zero-order valence-electron chi connectivity index (χ0n) is 8.56. The van der Waals surface area contributed by atoms with E-state index in [1.54, 1.807) is 12.1 Å². The van der Waals surface area contributed by atoms with Crippen LogP contribution in [-0.2, 0) is 0 Å². The second kappa shape index (κ2) is 5.94. The summed E-state index contributed by atoms with van der Waals surface area (Å²) in [4.78, 5) is 0.966. The van der Waals surface area contributed by atoms with Crippen LogP contribution in [0.5, 0.6) is 5.75 Å². The van der Waals surface area contributed by atoms with E-state index in [4.69, 9.17) is 28.9 Å². The van der Waals surface area contributed by atoms with Crippen LogP contribution in [0.15, 0.2) is 29.6 Å². The largest absolute Gasteiger partial charge is 0.506 e.